The Morgan fingerprint density at radius 1 is 0.358 bits per heavy atom. The molecule has 0 N–H and O–H groups in total. The summed E-state index contributed by atoms with van der Waals surface area (Å²) in [5, 5.41) is 0. The van der Waals surface area contributed by atoms with Gasteiger partial charge < -0.3 is 9.64 Å². The van der Waals surface area contributed by atoms with E-state index in [-0.39, 0.29) is 5.41 Å². The lowest BCUT2D eigenvalue weighted by atomic mass is 9.82. The van der Waals surface area contributed by atoms with E-state index >= 15 is 0 Å². The molecule has 0 saturated carbocycles. The summed E-state index contributed by atoms with van der Waals surface area (Å²) >= 11 is 0. The molecule has 2 nitrogen and oxygen atoms in total. The molecule has 0 bridgehead atoms. The second kappa shape index (κ2) is 12.3. The van der Waals surface area contributed by atoms with Crippen molar-refractivity contribution < 1.29 is 4.74 Å². The SMILES string of the molecule is CC1(C)c2ccccc2-c2ccc(N(c3ccc(-c4ccccc4)cc3)c3ccc4c(c3)Oc3c(-c5ccccc5)cccc3-c3ccccc3-4)cc21. The maximum absolute atomic E-state index is 7.13. The van der Waals surface area contributed by atoms with Crippen molar-refractivity contribution in [2.24, 2.45) is 0 Å². The van der Waals surface area contributed by atoms with E-state index in [0.717, 1.165) is 56.4 Å². The smallest absolute Gasteiger partial charge is 0.143 e. The number of nitrogens with zero attached hydrogens (tertiary/aromatic N) is 1. The third-order valence-corrected chi connectivity index (χ3v) is 11.1. The molecule has 252 valence electrons. The monoisotopic (exact) mass is 679 g/mol. The van der Waals surface area contributed by atoms with Crippen LogP contribution in [0.1, 0.15) is 25.0 Å². The van der Waals surface area contributed by atoms with Gasteiger partial charge in [-0.15, -0.1) is 0 Å². The minimum atomic E-state index is -0.122. The summed E-state index contributed by atoms with van der Waals surface area (Å²) in [5.74, 6) is 1.70. The van der Waals surface area contributed by atoms with E-state index in [4.69, 9.17) is 4.74 Å². The Bertz CT molecular complexity index is 2660. The Labute approximate surface area is 311 Å². The van der Waals surface area contributed by atoms with Crippen molar-refractivity contribution in [3.8, 4) is 67.1 Å². The number of para-hydroxylation sites is 1. The molecular weight excluding hydrogens is 643 g/mol. The fourth-order valence-electron chi connectivity index (χ4n) is 8.44. The Morgan fingerprint density at radius 3 is 1.60 bits per heavy atom. The summed E-state index contributed by atoms with van der Waals surface area (Å²) in [6.07, 6.45) is 0. The van der Waals surface area contributed by atoms with Crippen LogP contribution in [0.5, 0.6) is 11.5 Å². The molecule has 8 aromatic carbocycles. The molecule has 0 saturated heterocycles. The van der Waals surface area contributed by atoms with Crippen LogP contribution in [0, 0.1) is 0 Å². The van der Waals surface area contributed by atoms with Crippen molar-refractivity contribution >= 4 is 17.1 Å². The molecule has 53 heavy (non-hydrogen) atoms. The number of anilines is 3. The third kappa shape index (κ3) is 5.10. The molecule has 1 aliphatic carbocycles. The maximum atomic E-state index is 7.13. The number of benzene rings is 8. The predicted molar refractivity (Wildman–Crippen MR) is 221 cm³/mol. The van der Waals surface area contributed by atoms with Crippen LogP contribution in [0.2, 0.25) is 0 Å². The lowest BCUT2D eigenvalue weighted by Crippen LogP contribution is -2.16. The lowest BCUT2D eigenvalue weighted by Gasteiger charge is -2.29. The summed E-state index contributed by atoms with van der Waals surface area (Å²) in [7, 11) is 0. The van der Waals surface area contributed by atoms with Crippen molar-refractivity contribution in [2.45, 2.75) is 19.3 Å². The van der Waals surface area contributed by atoms with Gasteiger partial charge in [-0.1, -0.05) is 159 Å². The van der Waals surface area contributed by atoms with Crippen LogP contribution in [0.3, 0.4) is 0 Å². The fourth-order valence-corrected chi connectivity index (χ4v) is 8.44. The highest BCUT2D eigenvalue weighted by atomic mass is 16.5. The van der Waals surface area contributed by atoms with E-state index in [0.29, 0.717) is 0 Å². The Kier molecular flexibility index (Phi) is 7.19. The molecule has 10 rings (SSSR count). The zero-order valence-electron chi connectivity index (χ0n) is 29.8. The second-order valence-electron chi connectivity index (χ2n) is 14.5. The second-order valence-corrected chi connectivity index (χ2v) is 14.5. The molecule has 8 aromatic rings. The zero-order chi connectivity index (χ0) is 35.5. The number of hydrogen-bond acceptors (Lipinski definition) is 2. The van der Waals surface area contributed by atoms with Crippen molar-refractivity contribution in [2.75, 3.05) is 4.90 Å². The molecule has 1 aliphatic heterocycles. The first-order valence-electron chi connectivity index (χ1n) is 18.3. The third-order valence-electron chi connectivity index (χ3n) is 11.1. The summed E-state index contributed by atoms with van der Waals surface area (Å²) in [6, 6.07) is 67.7. The Hall–Kier alpha value is -6.64. The van der Waals surface area contributed by atoms with E-state index in [1.807, 2.05) is 0 Å². The number of rotatable bonds is 5. The lowest BCUT2D eigenvalue weighted by molar-refractivity contribution is 0.489. The number of hydrogen-bond donors (Lipinski definition) is 0. The standard InChI is InChI=1S/C51H37NO/c1-51(2)47-23-12-11-20-43(47)44-30-28-38(32-48(44)51)52(37-26-24-35(25-27-37)34-14-5-3-6-15-34)39-29-31-45-41-18-9-10-19-42(41)46-22-13-21-40(36-16-7-4-8-17-36)50(46)53-49(45)33-39/h3-33H,1-2H3. The van der Waals surface area contributed by atoms with E-state index in [1.54, 1.807) is 0 Å². The zero-order valence-corrected chi connectivity index (χ0v) is 29.8. The average molecular weight is 680 g/mol. The molecule has 2 aliphatic rings. The number of fused-ring (bicyclic) bond motifs is 8. The van der Waals surface area contributed by atoms with Crippen molar-refractivity contribution in [3.05, 3.63) is 199 Å². The first-order valence-corrected chi connectivity index (χ1v) is 18.3. The van der Waals surface area contributed by atoms with Gasteiger partial charge in [-0.05, 0) is 86.5 Å². The molecule has 0 aromatic heterocycles. The first kappa shape index (κ1) is 31.1. The first-order chi connectivity index (χ1) is 26.0. The maximum Gasteiger partial charge on any atom is 0.143 e. The van der Waals surface area contributed by atoms with Gasteiger partial charge >= 0.3 is 0 Å². The molecule has 0 fully saturated rings. The molecule has 0 unspecified atom stereocenters. The van der Waals surface area contributed by atoms with E-state index in [1.165, 1.54) is 38.9 Å². The average Bonchev–Trinajstić information content (AvgIpc) is 3.34. The van der Waals surface area contributed by atoms with E-state index < -0.39 is 0 Å². The molecule has 0 atom stereocenters. The van der Waals surface area contributed by atoms with Gasteiger partial charge in [-0.25, -0.2) is 0 Å². The number of ether oxygens (including phenoxy) is 1. The minimum Gasteiger partial charge on any atom is -0.455 e. The van der Waals surface area contributed by atoms with Gasteiger partial charge in [0.15, 0.2) is 0 Å². The quantitative estimate of drug-likeness (QED) is 0.180. The summed E-state index contributed by atoms with van der Waals surface area (Å²) in [4.78, 5) is 2.37. The highest BCUT2D eigenvalue weighted by molar-refractivity contribution is 5.95. The molecule has 2 heteroatoms. The van der Waals surface area contributed by atoms with Gasteiger partial charge in [0, 0.05) is 45.2 Å². The largest absolute Gasteiger partial charge is 0.455 e. The van der Waals surface area contributed by atoms with Crippen molar-refractivity contribution in [1.29, 1.82) is 0 Å². The van der Waals surface area contributed by atoms with Crippen molar-refractivity contribution in [1.82, 2.24) is 0 Å². The predicted octanol–water partition coefficient (Wildman–Crippen LogP) is 14.2. The van der Waals surface area contributed by atoms with Gasteiger partial charge in [0.25, 0.3) is 0 Å². The van der Waals surface area contributed by atoms with Gasteiger partial charge in [-0.2, -0.15) is 0 Å². The minimum absolute atomic E-state index is 0.122. The molecular formula is C51H37NO. The van der Waals surface area contributed by atoms with Gasteiger partial charge in [0.05, 0.1) is 0 Å². The van der Waals surface area contributed by atoms with E-state index in [9.17, 15) is 0 Å². The van der Waals surface area contributed by atoms with Gasteiger partial charge in [-0.3, -0.25) is 0 Å². The molecule has 0 spiro atoms. The Morgan fingerprint density at radius 2 is 0.868 bits per heavy atom. The van der Waals surface area contributed by atoms with Crippen LogP contribution in [0.4, 0.5) is 17.1 Å². The van der Waals surface area contributed by atoms with Crippen LogP contribution in [-0.4, -0.2) is 0 Å². The van der Waals surface area contributed by atoms with E-state index in [2.05, 4.69) is 207 Å². The van der Waals surface area contributed by atoms with Crippen molar-refractivity contribution in [3.63, 3.8) is 0 Å². The summed E-state index contributed by atoms with van der Waals surface area (Å²) < 4.78 is 7.13. The summed E-state index contributed by atoms with van der Waals surface area (Å²) in [6.45, 7) is 4.69. The normalized spacial score (nSPS) is 13.0. The van der Waals surface area contributed by atoms with Crippen LogP contribution in [0.15, 0.2) is 188 Å². The van der Waals surface area contributed by atoms with Gasteiger partial charge in [0.2, 0.25) is 0 Å². The molecule has 1 heterocycles. The fraction of sp³-hybridized carbons (Fsp3) is 0.0588. The van der Waals surface area contributed by atoms with Crippen LogP contribution < -0.4 is 9.64 Å². The topological polar surface area (TPSA) is 12.5 Å². The van der Waals surface area contributed by atoms with Crippen LogP contribution in [-0.2, 0) is 5.41 Å². The van der Waals surface area contributed by atoms with Crippen LogP contribution >= 0.6 is 0 Å². The van der Waals surface area contributed by atoms with Gasteiger partial charge in [0.1, 0.15) is 11.5 Å². The molecule has 0 amide bonds. The summed E-state index contributed by atoms with van der Waals surface area (Å²) in [5.41, 5.74) is 17.5. The van der Waals surface area contributed by atoms with Crippen LogP contribution in [0.25, 0.3) is 55.6 Å². The highest BCUT2D eigenvalue weighted by Crippen LogP contribution is 2.53. The highest BCUT2D eigenvalue weighted by Gasteiger charge is 2.36. The molecule has 0 radical (unpaired) electrons. The Balaban J connectivity index is 1.16.